The molecular weight excluding hydrogens is 232 g/mol. The van der Waals surface area contributed by atoms with Crippen LogP contribution in [0.3, 0.4) is 0 Å². The first-order valence-corrected chi connectivity index (χ1v) is 6.24. The number of anilines is 1. The fraction of sp³-hybridized carbons (Fsp3) is 0.167. The van der Waals surface area contributed by atoms with Gasteiger partial charge >= 0.3 is 0 Å². The Balaban J connectivity index is 2.08. The number of aromatic nitrogens is 3. The summed E-state index contributed by atoms with van der Waals surface area (Å²) in [6.45, 7) is 1.98. The molecule has 0 amide bonds. The summed E-state index contributed by atoms with van der Waals surface area (Å²) >= 11 is 1.72. The molecule has 86 valence electrons. The first-order valence-electron chi connectivity index (χ1n) is 5.36. The zero-order valence-corrected chi connectivity index (χ0v) is 10.2. The molecule has 0 unspecified atom stereocenters. The number of hydrogen-bond donors (Lipinski definition) is 1. The number of nitrogen functional groups attached to an aromatic ring is 1. The van der Waals surface area contributed by atoms with Gasteiger partial charge in [0, 0.05) is 17.5 Å². The Labute approximate surface area is 103 Å². The van der Waals surface area contributed by atoms with Crippen molar-refractivity contribution >= 4 is 22.7 Å². The predicted octanol–water partition coefficient (Wildman–Crippen LogP) is 2.27. The van der Waals surface area contributed by atoms with Crippen molar-refractivity contribution in [1.82, 2.24) is 14.6 Å². The Bertz CT molecular complexity index is 655. The van der Waals surface area contributed by atoms with Gasteiger partial charge in [0.1, 0.15) is 5.82 Å². The van der Waals surface area contributed by atoms with E-state index < -0.39 is 0 Å². The fourth-order valence-corrected chi connectivity index (χ4v) is 2.49. The first kappa shape index (κ1) is 10.3. The number of nitrogens with zero attached hydrogens (tertiary/aromatic N) is 3. The summed E-state index contributed by atoms with van der Waals surface area (Å²) in [5.41, 5.74) is 8.57. The molecule has 4 nitrogen and oxygen atoms in total. The molecule has 0 spiro atoms. The maximum atomic E-state index is 5.91. The highest BCUT2D eigenvalue weighted by Gasteiger charge is 2.08. The summed E-state index contributed by atoms with van der Waals surface area (Å²) in [7, 11) is 0. The third-order valence-electron chi connectivity index (χ3n) is 2.77. The second kappa shape index (κ2) is 3.85. The van der Waals surface area contributed by atoms with Crippen molar-refractivity contribution in [3.05, 3.63) is 46.0 Å². The Morgan fingerprint density at radius 1 is 1.41 bits per heavy atom. The molecule has 3 aromatic rings. The molecule has 5 heteroatoms. The monoisotopic (exact) mass is 244 g/mol. The Morgan fingerprint density at radius 3 is 3.06 bits per heavy atom. The van der Waals surface area contributed by atoms with Gasteiger partial charge in [-0.15, -0.1) is 21.5 Å². The maximum absolute atomic E-state index is 5.91. The largest absolute Gasteiger partial charge is 0.397 e. The van der Waals surface area contributed by atoms with Crippen molar-refractivity contribution in [1.29, 1.82) is 0 Å². The number of rotatable bonds is 2. The summed E-state index contributed by atoms with van der Waals surface area (Å²) in [6.07, 6.45) is 2.69. The van der Waals surface area contributed by atoms with Crippen LogP contribution in [0.1, 0.15) is 16.3 Å². The van der Waals surface area contributed by atoms with E-state index in [1.165, 1.54) is 4.88 Å². The Hall–Kier alpha value is -1.88. The highest BCUT2D eigenvalue weighted by molar-refractivity contribution is 7.09. The smallest absolute Gasteiger partial charge is 0.161 e. The van der Waals surface area contributed by atoms with Gasteiger partial charge in [0.15, 0.2) is 5.65 Å². The number of fused-ring (bicyclic) bond motifs is 1. The van der Waals surface area contributed by atoms with Crippen molar-refractivity contribution in [2.24, 2.45) is 0 Å². The topological polar surface area (TPSA) is 56.2 Å². The molecular formula is C12H12N4S. The van der Waals surface area contributed by atoms with Crippen molar-refractivity contribution in [3.63, 3.8) is 0 Å². The lowest BCUT2D eigenvalue weighted by Crippen LogP contribution is -1.98. The third-order valence-corrected chi connectivity index (χ3v) is 3.65. The quantitative estimate of drug-likeness (QED) is 0.752. The molecule has 0 saturated carbocycles. The van der Waals surface area contributed by atoms with E-state index in [-0.39, 0.29) is 0 Å². The van der Waals surface area contributed by atoms with Crippen LogP contribution in [0.15, 0.2) is 29.8 Å². The molecule has 3 rings (SSSR count). The summed E-state index contributed by atoms with van der Waals surface area (Å²) in [6, 6.07) is 6.10. The van der Waals surface area contributed by atoms with Crippen LogP contribution in [0.25, 0.3) is 5.65 Å². The zero-order chi connectivity index (χ0) is 11.8. The van der Waals surface area contributed by atoms with Gasteiger partial charge in [-0.3, -0.25) is 4.40 Å². The Morgan fingerprint density at radius 2 is 2.29 bits per heavy atom. The average Bonchev–Trinajstić information content (AvgIpc) is 2.92. The predicted molar refractivity (Wildman–Crippen MR) is 69.3 cm³/mol. The van der Waals surface area contributed by atoms with Gasteiger partial charge in [0.25, 0.3) is 0 Å². The molecule has 0 atom stereocenters. The van der Waals surface area contributed by atoms with Crippen LogP contribution in [0.5, 0.6) is 0 Å². The van der Waals surface area contributed by atoms with Gasteiger partial charge in [-0.25, -0.2) is 0 Å². The normalized spacial score (nSPS) is 11.1. The van der Waals surface area contributed by atoms with Crippen molar-refractivity contribution < 1.29 is 0 Å². The minimum absolute atomic E-state index is 0.768. The van der Waals surface area contributed by atoms with Crippen LogP contribution in [-0.4, -0.2) is 14.6 Å². The van der Waals surface area contributed by atoms with Gasteiger partial charge in [0.2, 0.25) is 0 Å². The second-order valence-electron chi connectivity index (χ2n) is 4.01. The van der Waals surface area contributed by atoms with Crippen LogP contribution < -0.4 is 5.73 Å². The molecule has 0 aliphatic carbocycles. The lowest BCUT2D eigenvalue weighted by Gasteiger charge is -2.02. The zero-order valence-electron chi connectivity index (χ0n) is 9.42. The lowest BCUT2D eigenvalue weighted by molar-refractivity contribution is 0.945. The number of hydrogen-bond acceptors (Lipinski definition) is 4. The van der Waals surface area contributed by atoms with Gasteiger partial charge in [-0.05, 0) is 30.0 Å². The van der Waals surface area contributed by atoms with Crippen molar-refractivity contribution in [2.75, 3.05) is 5.73 Å². The second-order valence-corrected chi connectivity index (χ2v) is 5.04. The van der Waals surface area contributed by atoms with E-state index >= 15 is 0 Å². The van der Waals surface area contributed by atoms with E-state index in [1.807, 2.05) is 29.7 Å². The van der Waals surface area contributed by atoms with Gasteiger partial charge in [-0.2, -0.15) is 0 Å². The molecule has 2 N–H and O–H groups in total. The van der Waals surface area contributed by atoms with E-state index in [0.717, 1.165) is 29.1 Å². The minimum atomic E-state index is 0.768. The highest BCUT2D eigenvalue weighted by Crippen LogP contribution is 2.17. The van der Waals surface area contributed by atoms with E-state index in [4.69, 9.17) is 5.73 Å². The summed E-state index contributed by atoms with van der Waals surface area (Å²) in [4.78, 5) is 1.28. The van der Waals surface area contributed by atoms with Crippen molar-refractivity contribution in [2.45, 2.75) is 13.3 Å². The lowest BCUT2D eigenvalue weighted by atomic mass is 10.2. The molecule has 3 heterocycles. The van der Waals surface area contributed by atoms with Crippen LogP contribution >= 0.6 is 11.3 Å². The van der Waals surface area contributed by atoms with Crippen LogP contribution in [0, 0.1) is 6.92 Å². The summed E-state index contributed by atoms with van der Waals surface area (Å²) in [5.74, 6) is 0.925. The maximum Gasteiger partial charge on any atom is 0.161 e. The highest BCUT2D eigenvalue weighted by atomic mass is 32.1. The van der Waals surface area contributed by atoms with E-state index in [1.54, 1.807) is 11.3 Å². The molecule has 3 aromatic heterocycles. The van der Waals surface area contributed by atoms with Crippen LogP contribution in [0.4, 0.5) is 5.69 Å². The number of aryl methyl sites for hydroxylation is 1. The summed E-state index contributed by atoms with van der Waals surface area (Å²) in [5, 5.41) is 10.4. The van der Waals surface area contributed by atoms with E-state index in [2.05, 4.69) is 21.6 Å². The van der Waals surface area contributed by atoms with Gasteiger partial charge in [0.05, 0.1) is 5.69 Å². The molecule has 0 aliphatic heterocycles. The SMILES string of the molecule is Cc1cc2nnc(Cc3cccs3)n2cc1N. The molecule has 17 heavy (non-hydrogen) atoms. The summed E-state index contributed by atoms with van der Waals surface area (Å²) < 4.78 is 1.96. The van der Waals surface area contributed by atoms with Gasteiger partial charge in [-0.1, -0.05) is 6.07 Å². The molecule has 0 radical (unpaired) electrons. The Kier molecular flexibility index (Phi) is 2.33. The fourth-order valence-electron chi connectivity index (χ4n) is 1.78. The standard InChI is InChI=1S/C12H12N4S/c1-8-5-11-14-15-12(16(11)7-10(8)13)6-9-3-2-4-17-9/h2-5,7H,6,13H2,1H3. The molecule has 0 fully saturated rings. The third kappa shape index (κ3) is 1.78. The van der Waals surface area contributed by atoms with E-state index in [0.29, 0.717) is 0 Å². The molecule has 0 bridgehead atoms. The molecule has 0 aliphatic rings. The molecule has 0 saturated heterocycles. The van der Waals surface area contributed by atoms with Crippen LogP contribution in [0.2, 0.25) is 0 Å². The number of nitrogens with two attached hydrogens (primary N) is 1. The first-order chi connectivity index (χ1) is 8.24. The number of pyridine rings is 1. The van der Waals surface area contributed by atoms with Gasteiger partial charge < -0.3 is 5.73 Å². The molecule has 0 aromatic carbocycles. The van der Waals surface area contributed by atoms with Crippen molar-refractivity contribution in [3.8, 4) is 0 Å². The minimum Gasteiger partial charge on any atom is -0.397 e. The number of thiophene rings is 1. The van der Waals surface area contributed by atoms with Crippen LogP contribution in [-0.2, 0) is 6.42 Å². The van der Waals surface area contributed by atoms with E-state index in [9.17, 15) is 0 Å². The average molecular weight is 244 g/mol.